The number of hydrogen-bond donors (Lipinski definition) is 3. The van der Waals surface area contributed by atoms with Gasteiger partial charge in [0.2, 0.25) is 0 Å². The minimum atomic E-state index is -4.46. The van der Waals surface area contributed by atoms with Crippen molar-refractivity contribution in [1.29, 1.82) is 0 Å². The Morgan fingerprint density at radius 3 is 2.19 bits per heavy atom. The van der Waals surface area contributed by atoms with E-state index in [1.807, 2.05) is 6.07 Å². The van der Waals surface area contributed by atoms with Gasteiger partial charge in [0, 0.05) is 5.69 Å². The molecular formula is C19H15F3N4O. The predicted octanol–water partition coefficient (Wildman–Crippen LogP) is 5.49. The summed E-state index contributed by atoms with van der Waals surface area (Å²) in [5.41, 5.74) is 0.140. The molecule has 27 heavy (non-hydrogen) atoms. The second kappa shape index (κ2) is 7.77. The number of nitrogens with one attached hydrogen (secondary N) is 3. The van der Waals surface area contributed by atoms with Gasteiger partial charge in [0.25, 0.3) is 0 Å². The van der Waals surface area contributed by atoms with E-state index in [4.69, 9.17) is 0 Å². The molecule has 0 spiro atoms. The predicted molar refractivity (Wildman–Crippen MR) is 98.0 cm³/mol. The van der Waals surface area contributed by atoms with Crippen LogP contribution in [0.3, 0.4) is 0 Å². The van der Waals surface area contributed by atoms with Gasteiger partial charge in [-0.3, -0.25) is 5.32 Å². The molecule has 0 unspecified atom stereocenters. The van der Waals surface area contributed by atoms with Crippen LogP contribution in [0.4, 0.5) is 40.8 Å². The maximum absolute atomic E-state index is 13.0. The summed E-state index contributed by atoms with van der Waals surface area (Å²) in [6.45, 7) is 0. The summed E-state index contributed by atoms with van der Waals surface area (Å²) >= 11 is 0. The smallest absolute Gasteiger partial charge is 0.354 e. The Morgan fingerprint density at radius 2 is 1.52 bits per heavy atom. The summed E-state index contributed by atoms with van der Waals surface area (Å²) in [6.07, 6.45) is -3.13. The van der Waals surface area contributed by atoms with E-state index >= 15 is 0 Å². The summed E-state index contributed by atoms with van der Waals surface area (Å²) in [7, 11) is 0. The molecule has 2 amide bonds. The molecule has 0 aliphatic carbocycles. The number of carbonyl (C=O) groups excluding carboxylic acids is 1. The van der Waals surface area contributed by atoms with Gasteiger partial charge < -0.3 is 10.6 Å². The summed E-state index contributed by atoms with van der Waals surface area (Å²) < 4.78 is 39.1. The van der Waals surface area contributed by atoms with Crippen LogP contribution < -0.4 is 16.0 Å². The number of urea groups is 1. The van der Waals surface area contributed by atoms with Gasteiger partial charge in [-0.15, -0.1) is 0 Å². The average Bonchev–Trinajstić information content (AvgIpc) is 2.64. The highest BCUT2D eigenvalue weighted by Gasteiger charge is 2.33. The fourth-order valence-corrected chi connectivity index (χ4v) is 2.34. The number of hydrogen-bond acceptors (Lipinski definition) is 3. The van der Waals surface area contributed by atoms with Gasteiger partial charge in [0.15, 0.2) is 0 Å². The number of benzene rings is 2. The zero-order valence-corrected chi connectivity index (χ0v) is 13.9. The van der Waals surface area contributed by atoms with Crippen molar-refractivity contribution < 1.29 is 18.0 Å². The van der Waals surface area contributed by atoms with E-state index in [1.54, 1.807) is 24.3 Å². The molecule has 8 heteroatoms. The van der Waals surface area contributed by atoms with Gasteiger partial charge in [-0.1, -0.05) is 30.3 Å². The topological polar surface area (TPSA) is 66.1 Å². The maximum atomic E-state index is 13.0. The third kappa shape index (κ3) is 4.97. The number of pyridine rings is 1. The number of para-hydroxylation sites is 2. The van der Waals surface area contributed by atoms with E-state index in [-0.39, 0.29) is 11.5 Å². The van der Waals surface area contributed by atoms with Crippen molar-refractivity contribution in [3.8, 4) is 0 Å². The number of aromatic nitrogens is 1. The zero-order chi connectivity index (χ0) is 19.3. The van der Waals surface area contributed by atoms with Crippen LogP contribution in [0, 0.1) is 0 Å². The Kier molecular flexibility index (Phi) is 5.25. The quantitative estimate of drug-likeness (QED) is 0.567. The number of nitrogens with zero attached hydrogens (tertiary/aromatic N) is 1. The molecular weight excluding hydrogens is 357 g/mol. The molecule has 0 saturated carbocycles. The lowest BCUT2D eigenvalue weighted by Crippen LogP contribution is -2.19. The third-order valence-electron chi connectivity index (χ3n) is 3.55. The molecule has 0 atom stereocenters. The number of amides is 2. The molecule has 0 aliphatic heterocycles. The summed E-state index contributed by atoms with van der Waals surface area (Å²) in [5, 5.41) is 7.88. The lowest BCUT2D eigenvalue weighted by molar-refractivity contribution is -0.136. The SMILES string of the molecule is O=C(Nc1ccccc1)Nc1ccc(Nc2ccccc2C(F)(F)F)cn1. The van der Waals surface area contributed by atoms with Gasteiger partial charge in [-0.25, -0.2) is 9.78 Å². The van der Waals surface area contributed by atoms with Crippen LogP contribution in [-0.2, 0) is 6.18 Å². The molecule has 3 N–H and O–H groups in total. The van der Waals surface area contributed by atoms with E-state index in [0.717, 1.165) is 6.07 Å². The lowest BCUT2D eigenvalue weighted by Gasteiger charge is -2.14. The molecule has 0 fully saturated rings. The summed E-state index contributed by atoms with van der Waals surface area (Å²) in [6, 6.07) is 16.6. The average molecular weight is 372 g/mol. The number of rotatable bonds is 4. The normalized spacial score (nSPS) is 10.9. The largest absolute Gasteiger partial charge is 0.418 e. The highest BCUT2D eigenvalue weighted by molar-refractivity contribution is 5.99. The highest BCUT2D eigenvalue weighted by atomic mass is 19.4. The first-order valence-corrected chi connectivity index (χ1v) is 7.94. The van der Waals surface area contributed by atoms with E-state index < -0.39 is 17.8 Å². The molecule has 3 rings (SSSR count). The van der Waals surface area contributed by atoms with Crippen molar-refractivity contribution in [3.05, 3.63) is 78.5 Å². The molecule has 0 aliphatic rings. The second-order valence-electron chi connectivity index (χ2n) is 5.55. The third-order valence-corrected chi connectivity index (χ3v) is 3.55. The number of carbonyl (C=O) groups is 1. The molecule has 5 nitrogen and oxygen atoms in total. The Labute approximate surface area is 153 Å². The first kappa shape index (κ1) is 18.2. The van der Waals surface area contributed by atoms with Crippen LogP contribution in [-0.4, -0.2) is 11.0 Å². The van der Waals surface area contributed by atoms with Crippen LogP contribution >= 0.6 is 0 Å². The first-order chi connectivity index (χ1) is 12.9. The minimum Gasteiger partial charge on any atom is -0.354 e. The highest BCUT2D eigenvalue weighted by Crippen LogP contribution is 2.35. The van der Waals surface area contributed by atoms with E-state index in [2.05, 4.69) is 20.9 Å². The number of alkyl halides is 3. The van der Waals surface area contributed by atoms with Crippen molar-refractivity contribution in [2.24, 2.45) is 0 Å². The Hall–Kier alpha value is -3.55. The van der Waals surface area contributed by atoms with Crippen LogP contribution in [0.15, 0.2) is 72.9 Å². The Bertz CT molecular complexity index is 912. The Morgan fingerprint density at radius 1 is 0.815 bits per heavy atom. The van der Waals surface area contributed by atoms with Crippen LogP contribution in [0.1, 0.15) is 5.56 Å². The molecule has 1 aromatic heterocycles. The fraction of sp³-hybridized carbons (Fsp3) is 0.0526. The van der Waals surface area contributed by atoms with E-state index in [0.29, 0.717) is 11.4 Å². The van der Waals surface area contributed by atoms with Gasteiger partial charge in [0.1, 0.15) is 5.82 Å². The van der Waals surface area contributed by atoms with Crippen LogP contribution in [0.2, 0.25) is 0 Å². The lowest BCUT2D eigenvalue weighted by atomic mass is 10.1. The zero-order valence-electron chi connectivity index (χ0n) is 13.9. The molecule has 3 aromatic rings. The van der Waals surface area contributed by atoms with Gasteiger partial charge in [-0.05, 0) is 36.4 Å². The van der Waals surface area contributed by atoms with Crippen molar-refractivity contribution >= 4 is 28.9 Å². The molecule has 138 valence electrons. The Balaban J connectivity index is 1.65. The monoisotopic (exact) mass is 372 g/mol. The minimum absolute atomic E-state index is 0.0747. The van der Waals surface area contributed by atoms with E-state index in [1.165, 1.54) is 36.5 Å². The van der Waals surface area contributed by atoms with Crippen molar-refractivity contribution in [2.45, 2.75) is 6.18 Å². The van der Waals surface area contributed by atoms with Gasteiger partial charge in [0.05, 0.1) is 23.1 Å². The fourth-order valence-electron chi connectivity index (χ4n) is 2.34. The molecule has 2 aromatic carbocycles. The summed E-state index contributed by atoms with van der Waals surface area (Å²) in [4.78, 5) is 15.9. The van der Waals surface area contributed by atoms with Crippen LogP contribution in [0.25, 0.3) is 0 Å². The summed E-state index contributed by atoms with van der Waals surface area (Å²) in [5.74, 6) is 0.262. The first-order valence-electron chi connectivity index (χ1n) is 7.94. The van der Waals surface area contributed by atoms with E-state index in [9.17, 15) is 18.0 Å². The molecule has 0 saturated heterocycles. The second-order valence-corrected chi connectivity index (χ2v) is 5.55. The van der Waals surface area contributed by atoms with Crippen molar-refractivity contribution in [1.82, 2.24) is 4.98 Å². The van der Waals surface area contributed by atoms with Gasteiger partial charge in [-0.2, -0.15) is 13.2 Å². The molecule has 1 heterocycles. The molecule has 0 radical (unpaired) electrons. The molecule has 0 bridgehead atoms. The van der Waals surface area contributed by atoms with Gasteiger partial charge >= 0.3 is 12.2 Å². The van der Waals surface area contributed by atoms with Crippen molar-refractivity contribution in [2.75, 3.05) is 16.0 Å². The maximum Gasteiger partial charge on any atom is 0.418 e. The number of halogens is 3. The standard InChI is InChI=1S/C19H15F3N4O/c20-19(21,22)15-8-4-5-9-16(15)24-14-10-11-17(23-12-14)26-18(27)25-13-6-2-1-3-7-13/h1-12,24H,(H2,23,25,26,27). The van der Waals surface area contributed by atoms with Crippen LogP contribution in [0.5, 0.6) is 0 Å². The van der Waals surface area contributed by atoms with Crippen molar-refractivity contribution in [3.63, 3.8) is 0 Å². The number of anilines is 4.